The lowest BCUT2D eigenvalue weighted by Crippen LogP contribution is -2.56. The van der Waals surface area contributed by atoms with E-state index in [4.69, 9.17) is 0 Å². The number of carbonyl (C=O) groups excluding carboxylic acids is 1. The van der Waals surface area contributed by atoms with Gasteiger partial charge in [0, 0.05) is 18.7 Å². The van der Waals surface area contributed by atoms with Crippen LogP contribution in [0.1, 0.15) is 10.4 Å². The zero-order valence-electron chi connectivity index (χ0n) is 8.56. The minimum atomic E-state index is -0.0126. The summed E-state index contributed by atoms with van der Waals surface area (Å²) in [5.41, 5.74) is 3.37. The molecule has 0 saturated carbocycles. The van der Waals surface area contributed by atoms with E-state index >= 15 is 0 Å². The van der Waals surface area contributed by atoms with Gasteiger partial charge in [0.05, 0.1) is 21.8 Å². The minimum Gasteiger partial charge on any atom is -0.347 e. The Hall–Kier alpha value is -1.46. The van der Waals surface area contributed by atoms with E-state index in [2.05, 4.69) is 15.6 Å². The lowest BCUT2D eigenvalue weighted by Gasteiger charge is -2.27. The maximum Gasteiger partial charge on any atom is 0.251 e. The SMILES string of the molecule is O=C(NC1CNC1)c1ccc2scnc2c1. The summed E-state index contributed by atoms with van der Waals surface area (Å²) < 4.78 is 1.11. The molecule has 1 amide bonds. The van der Waals surface area contributed by atoms with Gasteiger partial charge in [0.2, 0.25) is 0 Å². The van der Waals surface area contributed by atoms with Crippen LogP contribution in [0, 0.1) is 0 Å². The fourth-order valence-electron chi connectivity index (χ4n) is 1.66. The second-order valence-corrected chi connectivity index (χ2v) is 4.75. The highest BCUT2D eigenvalue weighted by Gasteiger charge is 2.19. The van der Waals surface area contributed by atoms with Crippen molar-refractivity contribution in [3.8, 4) is 0 Å². The zero-order chi connectivity index (χ0) is 11.0. The molecule has 2 heterocycles. The number of aromatic nitrogens is 1. The quantitative estimate of drug-likeness (QED) is 0.813. The highest BCUT2D eigenvalue weighted by Crippen LogP contribution is 2.18. The number of thiazole rings is 1. The van der Waals surface area contributed by atoms with Crippen molar-refractivity contribution in [2.45, 2.75) is 6.04 Å². The number of carbonyl (C=O) groups is 1. The predicted molar refractivity (Wildman–Crippen MR) is 63.7 cm³/mol. The molecule has 0 spiro atoms. The molecule has 0 unspecified atom stereocenters. The first-order chi connectivity index (χ1) is 7.83. The molecule has 1 aromatic carbocycles. The number of amides is 1. The van der Waals surface area contributed by atoms with Crippen LogP contribution in [0.15, 0.2) is 23.7 Å². The van der Waals surface area contributed by atoms with Gasteiger partial charge in [0.1, 0.15) is 0 Å². The maximum absolute atomic E-state index is 11.9. The number of hydrogen-bond donors (Lipinski definition) is 2. The van der Waals surface area contributed by atoms with Gasteiger partial charge in [-0.05, 0) is 18.2 Å². The fraction of sp³-hybridized carbons (Fsp3) is 0.273. The molecule has 1 aliphatic heterocycles. The van der Waals surface area contributed by atoms with Crippen LogP contribution in [0.2, 0.25) is 0 Å². The number of rotatable bonds is 2. The first-order valence-corrected chi connectivity index (χ1v) is 6.06. The van der Waals surface area contributed by atoms with Crippen molar-refractivity contribution in [2.24, 2.45) is 0 Å². The standard InChI is InChI=1S/C11H11N3OS/c15-11(14-8-4-12-5-8)7-1-2-10-9(3-7)13-6-16-10/h1-3,6,8,12H,4-5H2,(H,14,15). The van der Waals surface area contributed by atoms with Crippen molar-refractivity contribution in [1.29, 1.82) is 0 Å². The van der Waals surface area contributed by atoms with Crippen molar-refractivity contribution in [2.75, 3.05) is 13.1 Å². The van der Waals surface area contributed by atoms with Crippen LogP contribution in [0.25, 0.3) is 10.2 Å². The summed E-state index contributed by atoms with van der Waals surface area (Å²) in [6.07, 6.45) is 0. The van der Waals surface area contributed by atoms with Gasteiger partial charge in [0.25, 0.3) is 5.91 Å². The van der Waals surface area contributed by atoms with Gasteiger partial charge in [-0.2, -0.15) is 0 Å². The zero-order valence-corrected chi connectivity index (χ0v) is 9.38. The van der Waals surface area contributed by atoms with Crippen molar-refractivity contribution >= 4 is 27.5 Å². The largest absolute Gasteiger partial charge is 0.347 e. The lowest BCUT2D eigenvalue weighted by molar-refractivity contribution is 0.0924. The molecule has 0 atom stereocenters. The number of hydrogen-bond acceptors (Lipinski definition) is 4. The van der Waals surface area contributed by atoms with Gasteiger partial charge in [-0.25, -0.2) is 4.98 Å². The molecule has 0 bridgehead atoms. The van der Waals surface area contributed by atoms with E-state index in [-0.39, 0.29) is 11.9 Å². The Morgan fingerprint density at radius 2 is 2.38 bits per heavy atom. The monoisotopic (exact) mass is 233 g/mol. The van der Waals surface area contributed by atoms with Crippen LogP contribution in [0.4, 0.5) is 0 Å². The second-order valence-electron chi connectivity index (χ2n) is 3.86. The van der Waals surface area contributed by atoms with Gasteiger partial charge in [-0.1, -0.05) is 0 Å². The van der Waals surface area contributed by atoms with E-state index in [0.717, 1.165) is 23.3 Å². The molecule has 3 rings (SSSR count). The van der Waals surface area contributed by atoms with Crippen LogP contribution < -0.4 is 10.6 Å². The molecule has 0 radical (unpaired) electrons. The summed E-state index contributed by atoms with van der Waals surface area (Å²) in [6, 6.07) is 5.91. The summed E-state index contributed by atoms with van der Waals surface area (Å²) in [4.78, 5) is 16.1. The van der Waals surface area contributed by atoms with Crippen LogP contribution in [-0.4, -0.2) is 30.0 Å². The minimum absolute atomic E-state index is 0.0126. The molecule has 1 aliphatic rings. The Labute approximate surface area is 96.7 Å². The van der Waals surface area contributed by atoms with E-state index in [1.54, 1.807) is 16.8 Å². The van der Waals surface area contributed by atoms with Crippen LogP contribution in [0.3, 0.4) is 0 Å². The van der Waals surface area contributed by atoms with Gasteiger partial charge >= 0.3 is 0 Å². The van der Waals surface area contributed by atoms with E-state index < -0.39 is 0 Å². The molecule has 4 nitrogen and oxygen atoms in total. The Morgan fingerprint density at radius 3 is 3.12 bits per heavy atom. The molecule has 1 aromatic heterocycles. The molecule has 0 aliphatic carbocycles. The number of benzene rings is 1. The van der Waals surface area contributed by atoms with Crippen LogP contribution >= 0.6 is 11.3 Å². The number of nitrogens with one attached hydrogen (secondary N) is 2. The third-order valence-corrected chi connectivity index (χ3v) is 3.52. The van der Waals surface area contributed by atoms with Gasteiger partial charge in [-0.15, -0.1) is 11.3 Å². The first kappa shape index (κ1) is 9.74. The summed E-state index contributed by atoms with van der Waals surface area (Å²) in [7, 11) is 0. The van der Waals surface area contributed by atoms with E-state index in [9.17, 15) is 4.79 Å². The van der Waals surface area contributed by atoms with Gasteiger partial charge < -0.3 is 10.6 Å². The topological polar surface area (TPSA) is 54.0 Å². The second kappa shape index (κ2) is 3.84. The normalized spacial score (nSPS) is 16.0. The van der Waals surface area contributed by atoms with Crippen LogP contribution in [0.5, 0.6) is 0 Å². The molecule has 16 heavy (non-hydrogen) atoms. The summed E-state index contributed by atoms with van der Waals surface area (Å²) in [5, 5.41) is 6.08. The molecule has 1 saturated heterocycles. The molecule has 1 fully saturated rings. The number of fused-ring (bicyclic) bond motifs is 1. The van der Waals surface area contributed by atoms with E-state index in [0.29, 0.717) is 5.56 Å². The molecular weight excluding hydrogens is 222 g/mol. The highest BCUT2D eigenvalue weighted by atomic mass is 32.1. The fourth-order valence-corrected chi connectivity index (χ4v) is 2.32. The average molecular weight is 233 g/mol. The third-order valence-electron chi connectivity index (χ3n) is 2.71. The first-order valence-electron chi connectivity index (χ1n) is 5.18. The maximum atomic E-state index is 11.9. The van der Waals surface area contributed by atoms with Crippen molar-refractivity contribution < 1.29 is 4.79 Å². The Kier molecular flexibility index (Phi) is 2.34. The summed E-state index contributed by atoms with van der Waals surface area (Å²) >= 11 is 1.58. The van der Waals surface area contributed by atoms with Crippen molar-refractivity contribution in [3.63, 3.8) is 0 Å². The third kappa shape index (κ3) is 1.68. The Bertz CT molecular complexity index is 533. The average Bonchev–Trinajstić information content (AvgIpc) is 2.69. The molecular formula is C11H11N3OS. The summed E-state index contributed by atoms with van der Waals surface area (Å²) in [5.74, 6) is -0.0126. The van der Waals surface area contributed by atoms with Gasteiger partial charge in [0.15, 0.2) is 0 Å². The molecule has 2 N–H and O–H groups in total. The smallest absolute Gasteiger partial charge is 0.251 e. The van der Waals surface area contributed by atoms with Crippen molar-refractivity contribution in [1.82, 2.24) is 15.6 Å². The van der Waals surface area contributed by atoms with Crippen molar-refractivity contribution in [3.05, 3.63) is 29.3 Å². The highest BCUT2D eigenvalue weighted by molar-refractivity contribution is 7.16. The van der Waals surface area contributed by atoms with Gasteiger partial charge in [-0.3, -0.25) is 4.79 Å². The van der Waals surface area contributed by atoms with Crippen LogP contribution in [-0.2, 0) is 0 Å². The predicted octanol–water partition coefficient (Wildman–Crippen LogP) is 0.998. The Balaban J connectivity index is 1.83. The molecule has 5 heteroatoms. The lowest BCUT2D eigenvalue weighted by atomic mass is 10.1. The van der Waals surface area contributed by atoms with E-state index in [1.165, 1.54) is 0 Å². The number of nitrogens with zero attached hydrogens (tertiary/aromatic N) is 1. The Morgan fingerprint density at radius 1 is 1.50 bits per heavy atom. The molecule has 2 aromatic rings. The molecule has 82 valence electrons. The van der Waals surface area contributed by atoms with E-state index in [1.807, 2.05) is 18.2 Å². The summed E-state index contributed by atoms with van der Waals surface area (Å²) in [6.45, 7) is 1.73.